The zero-order valence-electron chi connectivity index (χ0n) is 4.16. The monoisotopic (exact) mass is 186 g/mol. The average molecular weight is 186 g/mol. The van der Waals surface area contributed by atoms with Gasteiger partial charge in [-0.2, -0.15) is 0 Å². The van der Waals surface area contributed by atoms with Gasteiger partial charge in [0.2, 0.25) is 4.38 Å². The molecule has 0 heterocycles. The topological polar surface area (TPSA) is 9.23 Å². The molecule has 0 amide bonds. The summed E-state index contributed by atoms with van der Waals surface area (Å²) in [5.41, 5.74) is 0. The van der Waals surface area contributed by atoms with E-state index in [0.717, 1.165) is 0 Å². The van der Waals surface area contributed by atoms with Crippen molar-refractivity contribution >= 4 is 54.5 Å². The van der Waals surface area contributed by atoms with Gasteiger partial charge in [-0.05, 0) is 19.1 Å². The lowest BCUT2D eigenvalue weighted by Gasteiger charge is -2.16. The third-order valence-electron chi connectivity index (χ3n) is 0.281. The molecule has 0 rings (SSSR count). The molecule has 0 spiro atoms. The minimum atomic E-state index is -0.807. The van der Waals surface area contributed by atoms with E-state index in [2.05, 4.69) is 50.1 Å². The molecule has 0 saturated heterocycles. The summed E-state index contributed by atoms with van der Waals surface area (Å²) < 4.78 is 4.11. The number of thiol groups is 3. The van der Waals surface area contributed by atoms with Crippen LogP contribution in [0.5, 0.6) is 0 Å². The molecule has 0 aliphatic heterocycles. The molecule has 0 fully saturated rings. The number of thiocarbonyl (C=S) groups is 1. The summed E-state index contributed by atoms with van der Waals surface area (Å²) in [5.74, 6) is 0. The highest BCUT2D eigenvalue weighted by molar-refractivity contribution is 8.10. The minimum Gasteiger partial charge on any atom is -0.452 e. The van der Waals surface area contributed by atoms with Crippen molar-refractivity contribution in [3.8, 4) is 0 Å². The summed E-state index contributed by atoms with van der Waals surface area (Å²) in [6.07, 6.45) is 0. The van der Waals surface area contributed by atoms with Crippen molar-refractivity contribution < 1.29 is 4.74 Å². The van der Waals surface area contributed by atoms with Crippen LogP contribution >= 0.6 is 50.1 Å². The molecule has 0 radical (unpaired) electrons. The van der Waals surface area contributed by atoms with E-state index < -0.39 is 4.27 Å². The van der Waals surface area contributed by atoms with Crippen LogP contribution in [0.3, 0.4) is 0 Å². The molecule has 0 unspecified atom stereocenters. The van der Waals surface area contributed by atoms with Crippen molar-refractivity contribution in [2.45, 2.75) is 11.2 Å². The molecule has 0 aromatic heterocycles. The lowest BCUT2D eigenvalue weighted by Crippen LogP contribution is -2.13. The van der Waals surface area contributed by atoms with Gasteiger partial charge in [-0.25, -0.2) is 0 Å². The average Bonchev–Trinajstić information content (AvgIpc) is 1.21. The maximum absolute atomic E-state index is 4.76. The van der Waals surface area contributed by atoms with Crippen LogP contribution in [0.25, 0.3) is 0 Å². The highest BCUT2D eigenvalue weighted by Gasteiger charge is 2.13. The van der Waals surface area contributed by atoms with Crippen molar-refractivity contribution in [1.29, 1.82) is 0 Å². The first kappa shape index (κ1) is 8.94. The Morgan fingerprint density at radius 2 is 2.00 bits per heavy atom. The van der Waals surface area contributed by atoms with E-state index in [-0.39, 0.29) is 4.38 Å². The second kappa shape index (κ2) is 3.20. The van der Waals surface area contributed by atoms with Crippen LogP contribution in [0, 0.1) is 0 Å². The Morgan fingerprint density at radius 3 is 2.00 bits per heavy atom. The summed E-state index contributed by atoms with van der Waals surface area (Å²) in [4.78, 5) is 0. The first-order valence-corrected chi connectivity index (χ1v) is 3.53. The van der Waals surface area contributed by atoms with Gasteiger partial charge in [0.15, 0.2) is 4.27 Å². The summed E-state index contributed by atoms with van der Waals surface area (Å²) in [7, 11) is 0. The normalized spacial score (nSPS) is 11.0. The van der Waals surface area contributed by atoms with E-state index in [1.54, 1.807) is 6.92 Å². The fraction of sp³-hybridized carbons (Fsp3) is 0.667. The number of hydrogen-bond donors (Lipinski definition) is 3. The molecule has 0 aliphatic rings. The van der Waals surface area contributed by atoms with Crippen molar-refractivity contribution in [1.82, 2.24) is 0 Å². The van der Waals surface area contributed by atoms with E-state index in [1.165, 1.54) is 0 Å². The van der Waals surface area contributed by atoms with Gasteiger partial charge in [0, 0.05) is 0 Å². The van der Waals surface area contributed by atoms with Crippen molar-refractivity contribution in [2.24, 2.45) is 0 Å². The SMILES string of the molecule is CC(S)(S)OC(=S)S. The number of hydrogen-bond acceptors (Lipinski definition) is 4. The smallest absolute Gasteiger partial charge is 0.218 e. The Hall–Kier alpha value is 0.940. The van der Waals surface area contributed by atoms with E-state index in [4.69, 9.17) is 4.74 Å². The molecule has 48 valence electrons. The van der Waals surface area contributed by atoms with E-state index in [1.807, 2.05) is 0 Å². The van der Waals surface area contributed by atoms with Gasteiger partial charge < -0.3 is 4.74 Å². The Balaban J connectivity index is 3.55. The first-order chi connectivity index (χ1) is 3.42. The van der Waals surface area contributed by atoms with Gasteiger partial charge in [-0.15, -0.1) is 25.3 Å². The molecule has 0 bridgehead atoms. The van der Waals surface area contributed by atoms with E-state index in [0.29, 0.717) is 0 Å². The lowest BCUT2D eigenvalue weighted by atomic mass is 10.8. The summed E-state index contributed by atoms with van der Waals surface area (Å²) in [5, 5.41) is 0. The molecule has 0 saturated carbocycles. The first-order valence-electron chi connectivity index (χ1n) is 1.78. The van der Waals surface area contributed by atoms with Crippen LogP contribution in [0.15, 0.2) is 0 Å². The molecule has 1 nitrogen and oxygen atoms in total. The molecular formula is C3H6OS4. The second-order valence-electron chi connectivity index (χ2n) is 1.30. The van der Waals surface area contributed by atoms with Gasteiger partial charge in [-0.1, -0.05) is 12.6 Å². The third-order valence-corrected chi connectivity index (χ3v) is 0.638. The van der Waals surface area contributed by atoms with E-state index in [9.17, 15) is 0 Å². The predicted molar refractivity (Wildman–Crippen MR) is 49.0 cm³/mol. The molecule has 5 heteroatoms. The highest BCUT2D eigenvalue weighted by Crippen LogP contribution is 2.20. The summed E-state index contributed by atoms with van der Waals surface area (Å²) in [6, 6.07) is 0. The van der Waals surface area contributed by atoms with Crippen LogP contribution < -0.4 is 0 Å². The Kier molecular flexibility index (Phi) is 3.57. The molecule has 0 aromatic carbocycles. The quantitative estimate of drug-likeness (QED) is 0.327. The van der Waals surface area contributed by atoms with Crippen molar-refractivity contribution in [3.63, 3.8) is 0 Å². The van der Waals surface area contributed by atoms with Gasteiger partial charge in [-0.3, -0.25) is 0 Å². The third kappa shape index (κ3) is 6.94. The van der Waals surface area contributed by atoms with Crippen LogP contribution in [0.2, 0.25) is 0 Å². The minimum absolute atomic E-state index is 0.150. The zero-order chi connectivity index (χ0) is 6.78. The van der Waals surface area contributed by atoms with Crippen LogP contribution in [0.4, 0.5) is 0 Å². The Morgan fingerprint density at radius 1 is 1.62 bits per heavy atom. The van der Waals surface area contributed by atoms with Crippen molar-refractivity contribution in [2.75, 3.05) is 0 Å². The van der Waals surface area contributed by atoms with Crippen molar-refractivity contribution in [3.05, 3.63) is 0 Å². The van der Waals surface area contributed by atoms with E-state index >= 15 is 0 Å². The van der Waals surface area contributed by atoms with Gasteiger partial charge in [0.25, 0.3) is 0 Å². The fourth-order valence-corrected chi connectivity index (χ4v) is 0.965. The lowest BCUT2D eigenvalue weighted by molar-refractivity contribution is 0.284. The Bertz CT molecular complexity index is 93.9. The molecule has 0 atom stereocenters. The molecule has 0 aliphatic carbocycles. The second-order valence-corrected chi connectivity index (χ2v) is 4.44. The maximum atomic E-state index is 4.76. The van der Waals surface area contributed by atoms with Gasteiger partial charge in [0.05, 0.1) is 0 Å². The van der Waals surface area contributed by atoms with Crippen LogP contribution in [-0.4, -0.2) is 8.65 Å². The molecule has 0 N–H and O–H groups in total. The molecule has 8 heavy (non-hydrogen) atoms. The maximum Gasteiger partial charge on any atom is 0.218 e. The largest absolute Gasteiger partial charge is 0.452 e. The fourth-order valence-electron chi connectivity index (χ4n) is 0.165. The predicted octanol–water partition coefficient (Wildman–Crippen LogP) is 1.75. The Labute approximate surface area is 70.4 Å². The summed E-state index contributed by atoms with van der Waals surface area (Å²) in [6.45, 7) is 1.65. The molecule has 0 aromatic rings. The van der Waals surface area contributed by atoms with Crippen LogP contribution in [0.1, 0.15) is 6.92 Å². The van der Waals surface area contributed by atoms with Gasteiger partial charge in [0.1, 0.15) is 0 Å². The summed E-state index contributed by atoms with van der Waals surface area (Å²) >= 11 is 16.0. The van der Waals surface area contributed by atoms with Gasteiger partial charge >= 0.3 is 0 Å². The zero-order valence-corrected chi connectivity index (χ0v) is 7.66. The standard InChI is InChI=1S/C3H6OS4/c1-3(7,8)4-2(5)6/h7-8H,1H3,(H,5,6). The highest BCUT2D eigenvalue weighted by atomic mass is 32.2. The van der Waals surface area contributed by atoms with Crippen LogP contribution in [-0.2, 0) is 4.74 Å². The number of ether oxygens (including phenoxy) is 1. The number of rotatable bonds is 1. The molecular weight excluding hydrogens is 180 g/mol.